The number of hydrogen-bond donors (Lipinski definition) is 1. The summed E-state index contributed by atoms with van der Waals surface area (Å²) < 4.78 is 0. The molecule has 124 valence electrons. The van der Waals surface area contributed by atoms with Crippen LogP contribution >= 0.6 is 0 Å². The molecule has 0 bridgehead atoms. The van der Waals surface area contributed by atoms with E-state index < -0.39 is 6.04 Å². The van der Waals surface area contributed by atoms with E-state index in [4.69, 9.17) is 0 Å². The molecule has 2 aromatic rings. The van der Waals surface area contributed by atoms with E-state index in [0.29, 0.717) is 29.8 Å². The Kier molecular flexibility index (Phi) is 4.32. The first-order valence-electron chi connectivity index (χ1n) is 7.49. The Morgan fingerprint density at radius 1 is 1.25 bits per heavy atom. The van der Waals surface area contributed by atoms with Gasteiger partial charge >= 0.3 is 0 Å². The average molecular weight is 327 g/mol. The fourth-order valence-electron chi connectivity index (χ4n) is 2.70. The van der Waals surface area contributed by atoms with Crippen LogP contribution in [0, 0.1) is 0 Å². The number of fused-ring (bicyclic) bond motifs is 1. The van der Waals surface area contributed by atoms with Crippen molar-refractivity contribution in [3.05, 3.63) is 41.2 Å². The zero-order valence-corrected chi connectivity index (χ0v) is 13.0. The quantitative estimate of drug-likeness (QED) is 0.746. The van der Waals surface area contributed by atoms with Gasteiger partial charge in [0, 0.05) is 19.3 Å². The lowest BCUT2D eigenvalue weighted by atomic mass is 10.1. The third kappa shape index (κ3) is 3.00. The molecule has 0 radical (unpaired) electrons. The number of amides is 3. The molecule has 24 heavy (non-hydrogen) atoms. The van der Waals surface area contributed by atoms with Crippen LogP contribution in [0.3, 0.4) is 0 Å². The van der Waals surface area contributed by atoms with Gasteiger partial charge in [-0.2, -0.15) is 5.21 Å². The van der Waals surface area contributed by atoms with E-state index >= 15 is 0 Å². The molecule has 1 aromatic carbocycles. The Morgan fingerprint density at radius 3 is 2.46 bits per heavy atom. The van der Waals surface area contributed by atoms with E-state index in [1.54, 1.807) is 24.3 Å². The van der Waals surface area contributed by atoms with Crippen LogP contribution in [0.1, 0.15) is 52.3 Å². The molecule has 1 aliphatic heterocycles. The lowest BCUT2D eigenvalue weighted by Crippen LogP contribution is -2.32. The van der Waals surface area contributed by atoms with Gasteiger partial charge in [0.05, 0.1) is 17.2 Å². The molecule has 0 aliphatic carbocycles. The van der Waals surface area contributed by atoms with Gasteiger partial charge < -0.3 is 10.4 Å². The van der Waals surface area contributed by atoms with Crippen LogP contribution in [0.4, 0.5) is 0 Å². The van der Waals surface area contributed by atoms with Crippen LogP contribution in [0.2, 0.25) is 0 Å². The number of carbonyl (C=O) groups is 3. The third-order valence-corrected chi connectivity index (χ3v) is 3.78. The Labute approximate surface area is 137 Å². The summed E-state index contributed by atoms with van der Waals surface area (Å²) in [6, 6.07) is 6.29. The fraction of sp³-hybridized carbons (Fsp3) is 0.333. The number of tetrazole rings is 1. The van der Waals surface area contributed by atoms with Crippen molar-refractivity contribution in [2.45, 2.75) is 25.8 Å². The van der Waals surface area contributed by atoms with Crippen LogP contribution in [-0.4, -0.2) is 44.7 Å². The largest absolute Gasteiger partial charge is 0.349 e. The summed E-state index contributed by atoms with van der Waals surface area (Å²) in [5.41, 5.74) is 0.849. The summed E-state index contributed by atoms with van der Waals surface area (Å²) in [4.78, 5) is 37.1. The molecule has 9 nitrogen and oxygen atoms in total. The van der Waals surface area contributed by atoms with Crippen molar-refractivity contribution in [1.82, 2.24) is 30.8 Å². The summed E-state index contributed by atoms with van der Waals surface area (Å²) in [5.74, 6) is -0.503. The molecule has 3 amide bonds. The van der Waals surface area contributed by atoms with E-state index in [9.17, 15) is 14.4 Å². The van der Waals surface area contributed by atoms with E-state index in [1.165, 1.54) is 11.8 Å². The summed E-state index contributed by atoms with van der Waals surface area (Å²) >= 11 is 0. The first-order valence-corrected chi connectivity index (χ1v) is 7.49. The molecule has 3 rings (SSSR count). The van der Waals surface area contributed by atoms with Gasteiger partial charge in [-0.15, -0.1) is 0 Å². The molecule has 1 N–H and O–H groups in total. The van der Waals surface area contributed by atoms with Gasteiger partial charge in [0.2, 0.25) is 5.91 Å². The van der Waals surface area contributed by atoms with Crippen LogP contribution in [-0.2, 0) is 4.79 Å². The number of hydrogen-bond acceptors (Lipinski definition) is 6. The number of aromatic nitrogens is 4. The van der Waals surface area contributed by atoms with Crippen molar-refractivity contribution in [1.29, 1.82) is 0 Å². The maximum atomic E-state index is 12.3. The minimum Gasteiger partial charge on any atom is -0.349 e. The lowest BCUT2D eigenvalue weighted by molar-refractivity contribution is -0.119. The standard InChI is InChI=1S/C15H16N6O3/c1-9(22)16-12(13-17-19-20-18-13)7-4-8-21-14(23)10-5-2-3-6-11(10)15(21)24/h2-3,5-6,12H,4,7-8H2,1H3,(H2,16,17,18,19,20,22)/p-1/t12-/m0/s1. The van der Waals surface area contributed by atoms with Crippen molar-refractivity contribution in [3.63, 3.8) is 0 Å². The first-order chi connectivity index (χ1) is 11.6. The zero-order valence-electron chi connectivity index (χ0n) is 13.0. The summed E-state index contributed by atoms with van der Waals surface area (Å²) in [6.45, 7) is 1.64. The van der Waals surface area contributed by atoms with Crippen molar-refractivity contribution < 1.29 is 14.4 Å². The Hall–Kier alpha value is -3.10. The summed E-state index contributed by atoms with van der Waals surface area (Å²) in [5, 5.41) is 17.0. The van der Waals surface area contributed by atoms with Crippen LogP contribution in [0.5, 0.6) is 0 Å². The van der Waals surface area contributed by atoms with Gasteiger partial charge in [-0.1, -0.05) is 12.1 Å². The Bertz CT molecular complexity index is 738. The van der Waals surface area contributed by atoms with E-state index in [1.807, 2.05) is 0 Å². The predicted octanol–water partition coefficient (Wildman–Crippen LogP) is 0.0824. The molecule has 1 aliphatic rings. The molecule has 0 saturated carbocycles. The highest BCUT2D eigenvalue weighted by Crippen LogP contribution is 2.23. The van der Waals surface area contributed by atoms with Crippen molar-refractivity contribution >= 4 is 17.7 Å². The van der Waals surface area contributed by atoms with Gasteiger partial charge in [0.1, 0.15) is 0 Å². The molecule has 1 aromatic heterocycles. The normalized spacial score (nSPS) is 14.6. The smallest absolute Gasteiger partial charge is 0.261 e. The predicted molar refractivity (Wildman–Crippen MR) is 80.7 cm³/mol. The monoisotopic (exact) mass is 327 g/mol. The van der Waals surface area contributed by atoms with E-state index in [0.717, 1.165) is 0 Å². The van der Waals surface area contributed by atoms with Gasteiger partial charge in [-0.3, -0.25) is 29.6 Å². The highest BCUT2D eigenvalue weighted by Gasteiger charge is 2.34. The van der Waals surface area contributed by atoms with E-state index in [2.05, 4.69) is 25.9 Å². The second kappa shape index (κ2) is 6.57. The van der Waals surface area contributed by atoms with E-state index in [-0.39, 0.29) is 24.3 Å². The first kappa shape index (κ1) is 15.8. The Balaban J connectivity index is 1.63. The third-order valence-electron chi connectivity index (χ3n) is 3.78. The van der Waals surface area contributed by atoms with Crippen LogP contribution in [0.15, 0.2) is 24.3 Å². The van der Waals surface area contributed by atoms with Crippen LogP contribution in [0.25, 0.3) is 0 Å². The summed E-state index contributed by atoms with van der Waals surface area (Å²) in [7, 11) is 0. The number of nitrogens with zero attached hydrogens (tertiary/aromatic N) is 5. The summed E-state index contributed by atoms with van der Waals surface area (Å²) in [6.07, 6.45) is 0.950. The van der Waals surface area contributed by atoms with Gasteiger partial charge in [0.15, 0.2) is 0 Å². The number of benzene rings is 1. The second-order valence-electron chi connectivity index (χ2n) is 5.44. The molecule has 0 spiro atoms. The molecule has 0 unspecified atom stereocenters. The van der Waals surface area contributed by atoms with Crippen molar-refractivity contribution in [2.24, 2.45) is 0 Å². The second-order valence-corrected chi connectivity index (χ2v) is 5.44. The number of rotatable bonds is 6. The SMILES string of the molecule is CC(=O)N[C@@H](CCCN1C(=O)c2ccccc2C1=O)c1nnn[n-]1. The zero-order chi connectivity index (χ0) is 17.1. The van der Waals surface area contributed by atoms with Crippen molar-refractivity contribution in [3.8, 4) is 0 Å². The molecule has 0 saturated heterocycles. The molecular formula is C15H15N6O3-. The van der Waals surface area contributed by atoms with Gasteiger partial charge in [0.25, 0.3) is 11.8 Å². The van der Waals surface area contributed by atoms with Crippen LogP contribution < -0.4 is 10.4 Å². The molecule has 0 fully saturated rings. The number of imide groups is 1. The molecule has 2 heterocycles. The fourth-order valence-corrected chi connectivity index (χ4v) is 2.70. The number of carbonyl (C=O) groups excluding carboxylic acids is 3. The highest BCUT2D eigenvalue weighted by molar-refractivity contribution is 6.21. The molecule has 9 heteroatoms. The maximum Gasteiger partial charge on any atom is 0.261 e. The topological polar surface area (TPSA) is 119 Å². The van der Waals surface area contributed by atoms with Gasteiger partial charge in [-0.25, -0.2) is 0 Å². The average Bonchev–Trinajstić information content (AvgIpc) is 3.17. The van der Waals surface area contributed by atoms with Gasteiger partial charge in [-0.05, 0) is 25.0 Å². The molecular weight excluding hydrogens is 312 g/mol. The number of nitrogens with one attached hydrogen (secondary N) is 1. The van der Waals surface area contributed by atoms with Crippen molar-refractivity contribution in [2.75, 3.05) is 6.54 Å². The highest BCUT2D eigenvalue weighted by atomic mass is 16.2. The Morgan fingerprint density at radius 2 is 1.92 bits per heavy atom. The maximum absolute atomic E-state index is 12.3. The lowest BCUT2D eigenvalue weighted by Gasteiger charge is -2.19. The minimum absolute atomic E-state index is 0.231. The minimum atomic E-state index is -0.451. The molecule has 1 atom stereocenters.